The normalized spacial score (nSPS) is 13.1. The summed E-state index contributed by atoms with van der Waals surface area (Å²) in [5.74, 6) is 0. The fourth-order valence-electron chi connectivity index (χ4n) is 3.02. The van der Waals surface area contributed by atoms with Gasteiger partial charge in [0.15, 0.2) is 0 Å². The molecule has 0 aliphatic carbocycles. The van der Waals surface area contributed by atoms with E-state index >= 15 is 0 Å². The van der Waals surface area contributed by atoms with Gasteiger partial charge < -0.3 is 0 Å². The van der Waals surface area contributed by atoms with Gasteiger partial charge in [0.25, 0.3) is 0 Å². The molecule has 0 heteroatoms. The minimum absolute atomic E-state index is 0.565. The van der Waals surface area contributed by atoms with Crippen LogP contribution in [0.4, 0.5) is 0 Å². The fourth-order valence-corrected chi connectivity index (χ4v) is 3.02. The van der Waals surface area contributed by atoms with Crippen LogP contribution in [0, 0.1) is 10.8 Å². The van der Waals surface area contributed by atoms with Gasteiger partial charge in [0, 0.05) is 0 Å². The van der Waals surface area contributed by atoms with E-state index < -0.39 is 0 Å². The van der Waals surface area contributed by atoms with Crippen LogP contribution in [0.15, 0.2) is 0 Å². The average molecular weight is 226 g/mol. The van der Waals surface area contributed by atoms with Crippen molar-refractivity contribution in [3.8, 4) is 0 Å². The number of rotatable bonds is 9. The van der Waals surface area contributed by atoms with Crippen LogP contribution >= 0.6 is 0 Å². The Labute approximate surface area is 104 Å². The SMILES string of the molecule is CCCC(C)(C)CCCC(CC)(CC)CC. The maximum Gasteiger partial charge on any atom is -0.0305 e. The first-order chi connectivity index (χ1) is 7.45. The van der Waals surface area contributed by atoms with Crippen molar-refractivity contribution in [3.05, 3.63) is 0 Å². The molecule has 0 fully saturated rings. The highest BCUT2D eigenvalue weighted by atomic mass is 14.3. The number of hydrogen-bond donors (Lipinski definition) is 0. The standard InChI is InChI=1S/C16H34/c1-7-12-15(5,6)13-11-14-16(8-2,9-3)10-4/h7-14H2,1-6H3. The van der Waals surface area contributed by atoms with Gasteiger partial charge >= 0.3 is 0 Å². The Bertz CT molecular complexity index is 155. The predicted molar refractivity (Wildman–Crippen MR) is 75.8 cm³/mol. The molecule has 0 bridgehead atoms. The molecular weight excluding hydrogens is 192 g/mol. The topological polar surface area (TPSA) is 0 Å². The zero-order chi connectivity index (χ0) is 12.7. The van der Waals surface area contributed by atoms with Crippen LogP contribution in [0.2, 0.25) is 0 Å². The van der Waals surface area contributed by atoms with Crippen LogP contribution < -0.4 is 0 Å². The Morgan fingerprint density at radius 2 is 1.19 bits per heavy atom. The van der Waals surface area contributed by atoms with Crippen molar-refractivity contribution < 1.29 is 0 Å². The summed E-state index contributed by atoms with van der Waals surface area (Å²) in [5.41, 5.74) is 1.21. The molecule has 0 nitrogen and oxygen atoms in total. The predicted octanol–water partition coefficient (Wildman–Crippen LogP) is 6.20. The summed E-state index contributed by atoms with van der Waals surface area (Å²) >= 11 is 0. The van der Waals surface area contributed by atoms with E-state index in [1.807, 2.05) is 0 Å². The van der Waals surface area contributed by atoms with Crippen LogP contribution in [-0.4, -0.2) is 0 Å². The molecule has 0 atom stereocenters. The largest absolute Gasteiger partial charge is 0.0654 e. The van der Waals surface area contributed by atoms with Crippen molar-refractivity contribution in [3.63, 3.8) is 0 Å². The minimum atomic E-state index is 0.565. The Morgan fingerprint density at radius 3 is 1.56 bits per heavy atom. The fraction of sp³-hybridized carbons (Fsp3) is 1.00. The van der Waals surface area contributed by atoms with Crippen molar-refractivity contribution in [2.75, 3.05) is 0 Å². The molecule has 0 N–H and O–H groups in total. The van der Waals surface area contributed by atoms with Gasteiger partial charge in [0.1, 0.15) is 0 Å². The van der Waals surface area contributed by atoms with Crippen LogP contribution in [0.5, 0.6) is 0 Å². The highest BCUT2D eigenvalue weighted by molar-refractivity contribution is 4.77. The highest BCUT2D eigenvalue weighted by Gasteiger charge is 2.24. The van der Waals surface area contributed by atoms with E-state index in [2.05, 4.69) is 41.5 Å². The van der Waals surface area contributed by atoms with Crippen LogP contribution in [-0.2, 0) is 0 Å². The van der Waals surface area contributed by atoms with Crippen LogP contribution in [0.25, 0.3) is 0 Å². The van der Waals surface area contributed by atoms with E-state index in [0.717, 1.165) is 0 Å². The molecule has 0 radical (unpaired) electrons. The van der Waals surface area contributed by atoms with Crippen molar-refractivity contribution >= 4 is 0 Å². The van der Waals surface area contributed by atoms with Gasteiger partial charge in [0.2, 0.25) is 0 Å². The van der Waals surface area contributed by atoms with Crippen molar-refractivity contribution in [1.29, 1.82) is 0 Å². The minimum Gasteiger partial charge on any atom is -0.0654 e. The molecule has 0 aromatic heterocycles. The molecule has 0 saturated heterocycles. The lowest BCUT2D eigenvalue weighted by Gasteiger charge is -2.32. The lowest BCUT2D eigenvalue weighted by Crippen LogP contribution is -2.19. The molecule has 0 rings (SSSR count). The van der Waals surface area contributed by atoms with Crippen molar-refractivity contribution in [1.82, 2.24) is 0 Å². The smallest absolute Gasteiger partial charge is 0.0305 e. The van der Waals surface area contributed by atoms with Crippen molar-refractivity contribution in [2.24, 2.45) is 10.8 Å². The molecule has 0 amide bonds. The maximum absolute atomic E-state index is 2.43. The summed E-state index contributed by atoms with van der Waals surface area (Å²) < 4.78 is 0. The second-order valence-electron chi connectivity index (χ2n) is 6.33. The summed E-state index contributed by atoms with van der Waals surface area (Å²) in [4.78, 5) is 0. The molecule has 0 aliphatic heterocycles. The summed E-state index contributed by atoms with van der Waals surface area (Å²) in [5, 5.41) is 0. The first-order valence-corrected chi connectivity index (χ1v) is 7.45. The van der Waals surface area contributed by atoms with Gasteiger partial charge in [0.05, 0.1) is 0 Å². The van der Waals surface area contributed by atoms with Gasteiger partial charge in [-0.3, -0.25) is 0 Å². The molecule has 0 aromatic rings. The molecule has 0 spiro atoms. The summed E-state index contributed by atoms with van der Waals surface area (Å²) in [7, 11) is 0. The van der Waals surface area contributed by atoms with Gasteiger partial charge in [-0.2, -0.15) is 0 Å². The summed E-state index contributed by atoms with van der Waals surface area (Å²) in [6.45, 7) is 14.3. The molecule has 0 aromatic carbocycles. The van der Waals surface area contributed by atoms with Crippen LogP contribution in [0.3, 0.4) is 0 Å². The molecule has 0 saturated carbocycles. The Balaban J connectivity index is 4.04. The Morgan fingerprint density at radius 1 is 0.688 bits per heavy atom. The van der Waals surface area contributed by atoms with E-state index in [1.165, 1.54) is 51.4 Å². The average Bonchev–Trinajstić information content (AvgIpc) is 2.25. The second-order valence-corrected chi connectivity index (χ2v) is 6.33. The molecule has 0 heterocycles. The van der Waals surface area contributed by atoms with Crippen LogP contribution in [0.1, 0.15) is 92.9 Å². The van der Waals surface area contributed by atoms with Gasteiger partial charge in [-0.05, 0) is 30.1 Å². The second kappa shape index (κ2) is 7.35. The third-order valence-electron chi connectivity index (χ3n) is 4.74. The first-order valence-electron chi connectivity index (χ1n) is 7.45. The lowest BCUT2D eigenvalue weighted by atomic mass is 9.73. The zero-order valence-electron chi connectivity index (χ0n) is 12.7. The molecule has 0 unspecified atom stereocenters. The Kier molecular flexibility index (Phi) is 7.35. The first kappa shape index (κ1) is 16.0. The summed E-state index contributed by atoms with van der Waals surface area (Å²) in [6, 6.07) is 0. The van der Waals surface area contributed by atoms with Gasteiger partial charge in [-0.25, -0.2) is 0 Å². The van der Waals surface area contributed by atoms with Gasteiger partial charge in [-0.15, -0.1) is 0 Å². The van der Waals surface area contributed by atoms with Gasteiger partial charge in [-0.1, -0.05) is 73.6 Å². The molecule has 16 heavy (non-hydrogen) atoms. The monoisotopic (exact) mass is 226 g/mol. The van der Waals surface area contributed by atoms with E-state index in [0.29, 0.717) is 10.8 Å². The van der Waals surface area contributed by atoms with Crippen molar-refractivity contribution in [2.45, 2.75) is 92.9 Å². The highest BCUT2D eigenvalue weighted by Crippen LogP contribution is 2.38. The zero-order valence-corrected chi connectivity index (χ0v) is 12.7. The number of hydrogen-bond acceptors (Lipinski definition) is 0. The van der Waals surface area contributed by atoms with E-state index in [4.69, 9.17) is 0 Å². The molecule has 0 aliphatic rings. The Hall–Kier alpha value is 0. The molecular formula is C16H34. The summed E-state index contributed by atoms with van der Waals surface area (Å²) in [6.07, 6.45) is 11.0. The third kappa shape index (κ3) is 5.37. The van der Waals surface area contributed by atoms with E-state index in [-0.39, 0.29) is 0 Å². The lowest BCUT2D eigenvalue weighted by molar-refractivity contribution is 0.198. The quantitative estimate of drug-likeness (QED) is 0.439. The van der Waals surface area contributed by atoms with E-state index in [9.17, 15) is 0 Å². The van der Waals surface area contributed by atoms with E-state index in [1.54, 1.807) is 0 Å². The molecule has 98 valence electrons. The maximum atomic E-state index is 2.43. The third-order valence-corrected chi connectivity index (χ3v) is 4.74.